The number of rotatable bonds is 3. The number of carboxylic acids is 1. The van der Waals surface area contributed by atoms with Gasteiger partial charge >= 0.3 is 0 Å². The number of carbonyl (C=O) groups is 2. The molecule has 17 heavy (non-hydrogen) atoms. The van der Waals surface area contributed by atoms with Crippen molar-refractivity contribution in [2.24, 2.45) is 5.92 Å². The van der Waals surface area contributed by atoms with Crippen molar-refractivity contribution in [3.63, 3.8) is 0 Å². The summed E-state index contributed by atoms with van der Waals surface area (Å²) in [5.74, 6) is -1.51. The monoisotopic (exact) mass is 249 g/mol. The first-order valence-corrected chi connectivity index (χ1v) is 6.53. The smallest absolute Gasteiger partial charge is 0.219 e. The Bertz CT molecular complexity index is 416. The number of benzene rings is 1. The second kappa shape index (κ2) is 5.36. The molecule has 1 fully saturated rings. The molecule has 2 atom stereocenters. The number of hydrogen-bond donors (Lipinski definition) is 0. The third-order valence-electron chi connectivity index (χ3n) is 3.02. The third-order valence-corrected chi connectivity index (χ3v) is 4.34. The molecule has 90 valence electrons. The standard InChI is InChI=1S/C13H14O3S/c14-12(15)10-7-4-8-11(10)17-13(16)9-5-2-1-3-6-9/h1-3,5-6,10-11H,4,7-8H2,(H,14,15)/p-1/t10-,11-/m0/s1. The molecule has 1 saturated carbocycles. The van der Waals surface area contributed by atoms with Gasteiger partial charge in [0, 0.05) is 22.7 Å². The summed E-state index contributed by atoms with van der Waals surface area (Å²) in [6.07, 6.45) is 2.27. The number of hydrogen-bond acceptors (Lipinski definition) is 4. The maximum absolute atomic E-state index is 11.9. The van der Waals surface area contributed by atoms with Crippen LogP contribution in [-0.4, -0.2) is 16.3 Å². The van der Waals surface area contributed by atoms with Crippen molar-refractivity contribution in [1.29, 1.82) is 0 Å². The van der Waals surface area contributed by atoms with Crippen LogP contribution in [0.25, 0.3) is 0 Å². The van der Waals surface area contributed by atoms with Gasteiger partial charge < -0.3 is 9.90 Å². The van der Waals surface area contributed by atoms with Crippen molar-refractivity contribution >= 4 is 22.8 Å². The van der Waals surface area contributed by atoms with E-state index < -0.39 is 11.9 Å². The Kier molecular flexibility index (Phi) is 3.84. The zero-order valence-corrected chi connectivity index (χ0v) is 10.1. The van der Waals surface area contributed by atoms with Gasteiger partial charge in [0.1, 0.15) is 0 Å². The molecular weight excluding hydrogens is 236 g/mol. The summed E-state index contributed by atoms with van der Waals surface area (Å²) in [7, 11) is 0. The molecule has 0 N–H and O–H groups in total. The third kappa shape index (κ3) is 2.88. The maximum atomic E-state index is 11.9. The number of aliphatic carboxylic acids is 1. The molecule has 0 aromatic heterocycles. The van der Waals surface area contributed by atoms with Gasteiger partial charge in [-0.15, -0.1) is 0 Å². The lowest BCUT2D eigenvalue weighted by Crippen LogP contribution is -2.34. The van der Waals surface area contributed by atoms with Crippen LogP contribution in [0.5, 0.6) is 0 Å². The van der Waals surface area contributed by atoms with Crippen LogP contribution >= 0.6 is 11.8 Å². The molecule has 0 heterocycles. The molecule has 0 unspecified atom stereocenters. The van der Waals surface area contributed by atoms with Gasteiger partial charge in [-0.05, 0) is 12.8 Å². The minimum absolute atomic E-state index is 0.0521. The largest absolute Gasteiger partial charge is 0.550 e. The lowest BCUT2D eigenvalue weighted by molar-refractivity contribution is -0.311. The van der Waals surface area contributed by atoms with Crippen molar-refractivity contribution in [2.75, 3.05) is 0 Å². The van der Waals surface area contributed by atoms with E-state index in [1.807, 2.05) is 6.07 Å². The molecule has 1 aromatic rings. The van der Waals surface area contributed by atoms with Gasteiger partial charge in [-0.2, -0.15) is 0 Å². The van der Waals surface area contributed by atoms with Gasteiger partial charge in [-0.3, -0.25) is 4.79 Å². The highest BCUT2D eigenvalue weighted by atomic mass is 32.2. The molecule has 0 spiro atoms. The Balaban J connectivity index is 2.02. The first kappa shape index (κ1) is 12.2. The fourth-order valence-electron chi connectivity index (χ4n) is 2.12. The van der Waals surface area contributed by atoms with Crippen LogP contribution in [0.15, 0.2) is 30.3 Å². The highest BCUT2D eigenvalue weighted by molar-refractivity contribution is 8.14. The fraction of sp³-hybridized carbons (Fsp3) is 0.385. The van der Waals surface area contributed by atoms with E-state index in [1.54, 1.807) is 24.3 Å². The van der Waals surface area contributed by atoms with E-state index in [9.17, 15) is 14.7 Å². The van der Waals surface area contributed by atoms with Crippen LogP contribution in [0.3, 0.4) is 0 Å². The lowest BCUT2D eigenvalue weighted by atomic mass is 10.1. The minimum Gasteiger partial charge on any atom is -0.550 e. The molecule has 2 rings (SSSR count). The highest BCUT2D eigenvalue weighted by Crippen LogP contribution is 2.36. The van der Waals surface area contributed by atoms with Gasteiger partial charge in [0.05, 0.1) is 0 Å². The normalized spacial score (nSPS) is 23.5. The molecule has 0 amide bonds. The van der Waals surface area contributed by atoms with Crippen LogP contribution in [0, 0.1) is 5.92 Å². The zero-order chi connectivity index (χ0) is 12.3. The minimum atomic E-state index is -1.03. The summed E-state index contributed by atoms with van der Waals surface area (Å²) in [6, 6.07) is 8.95. The molecule has 0 radical (unpaired) electrons. The quantitative estimate of drug-likeness (QED) is 0.814. The molecule has 1 aliphatic rings. The van der Waals surface area contributed by atoms with E-state index in [2.05, 4.69) is 0 Å². The van der Waals surface area contributed by atoms with E-state index in [4.69, 9.17) is 0 Å². The summed E-state index contributed by atoms with van der Waals surface area (Å²) in [5, 5.41) is 10.7. The number of thioether (sulfide) groups is 1. The van der Waals surface area contributed by atoms with Gasteiger partial charge in [0.25, 0.3) is 0 Å². The number of carboxylic acid groups (broad SMARTS) is 1. The van der Waals surface area contributed by atoms with E-state index in [0.29, 0.717) is 12.0 Å². The second-order valence-electron chi connectivity index (χ2n) is 4.17. The first-order valence-electron chi connectivity index (χ1n) is 5.65. The van der Waals surface area contributed by atoms with Crippen molar-refractivity contribution in [3.8, 4) is 0 Å². The summed E-state index contributed by atoms with van der Waals surface area (Å²) in [5.41, 5.74) is 0.626. The van der Waals surface area contributed by atoms with E-state index in [1.165, 1.54) is 0 Å². The summed E-state index contributed by atoms with van der Waals surface area (Å²) in [4.78, 5) is 22.8. The number of carbonyl (C=O) groups excluding carboxylic acids is 2. The molecule has 4 heteroatoms. The van der Waals surface area contributed by atoms with Crippen LogP contribution in [0.4, 0.5) is 0 Å². The Morgan fingerprint density at radius 3 is 2.53 bits per heavy atom. The molecule has 1 aliphatic carbocycles. The molecular formula is C13H13O3S-. The predicted molar refractivity (Wildman–Crippen MR) is 64.5 cm³/mol. The second-order valence-corrected chi connectivity index (χ2v) is 5.38. The van der Waals surface area contributed by atoms with Gasteiger partial charge in [-0.25, -0.2) is 0 Å². The van der Waals surface area contributed by atoms with Crippen molar-refractivity contribution in [1.82, 2.24) is 0 Å². The molecule has 0 bridgehead atoms. The Morgan fingerprint density at radius 1 is 1.18 bits per heavy atom. The Hall–Kier alpha value is -1.29. The molecule has 0 aliphatic heterocycles. The summed E-state index contributed by atoms with van der Waals surface area (Å²) in [6.45, 7) is 0. The average molecular weight is 249 g/mol. The lowest BCUT2D eigenvalue weighted by Gasteiger charge is -2.18. The SMILES string of the molecule is O=C(S[C@H]1CCC[C@@H]1C(=O)[O-])c1ccccc1. The molecule has 1 aromatic carbocycles. The van der Waals surface area contributed by atoms with Crippen molar-refractivity contribution in [3.05, 3.63) is 35.9 Å². The highest BCUT2D eigenvalue weighted by Gasteiger charge is 2.30. The molecule has 0 saturated heterocycles. The van der Waals surface area contributed by atoms with Crippen LogP contribution in [-0.2, 0) is 4.79 Å². The topological polar surface area (TPSA) is 57.2 Å². The van der Waals surface area contributed by atoms with Crippen LogP contribution in [0.2, 0.25) is 0 Å². The molecule has 3 nitrogen and oxygen atoms in total. The van der Waals surface area contributed by atoms with Gasteiger partial charge in [0.2, 0.25) is 5.12 Å². The predicted octanol–water partition coefficient (Wildman–Crippen LogP) is 1.48. The summed E-state index contributed by atoms with van der Waals surface area (Å²) >= 11 is 1.14. The Labute approximate surface area is 104 Å². The van der Waals surface area contributed by atoms with Crippen molar-refractivity contribution in [2.45, 2.75) is 24.5 Å². The van der Waals surface area contributed by atoms with Gasteiger partial charge in [-0.1, -0.05) is 48.5 Å². The van der Waals surface area contributed by atoms with E-state index >= 15 is 0 Å². The van der Waals surface area contributed by atoms with Gasteiger partial charge in [0.15, 0.2) is 0 Å². The van der Waals surface area contributed by atoms with E-state index in [-0.39, 0.29) is 10.4 Å². The van der Waals surface area contributed by atoms with Crippen LogP contribution in [0.1, 0.15) is 29.6 Å². The fourth-order valence-corrected chi connectivity index (χ4v) is 3.36. The van der Waals surface area contributed by atoms with Crippen molar-refractivity contribution < 1.29 is 14.7 Å². The Morgan fingerprint density at radius 2 is 1.88 bits per heavy atom. The first-order chi connectivity index (χ1) is 8.18. The zero-order valence-electron chi connectivity index (χ0n) is 9.30. The summed E-state index contributed by atoms with van der Waals surface area (Å²) < 4.78 is 0. The van der Waals surface area contributed by atoms with Crippen LogP contribution < -0.4 is 5.11 Å². The average Bonchev–Trinajstić information content (AvgIpc) is 2.78. The maximum Gasteiger partial charge on any atom is 0.219 e. The van der Waals surface area contributed by atoms with E-state index in [0.717, 1.165) is 24.6 Å².